The summed E-state index contributed by atoms with van der Waals surface area (Å²) in [6, 6.07) is -0.626. The first-order valence-corrected chi connectivity index (χ1v) is 39.1. The molecule has 504 valence electrons. The molecule has 1 amide bonds. The Morgan fingerprint density at radius 1 is 0.318 bits per heavy atom. The molecule has 0 saturated heterocycles. The van der Waals surface area contributed by atoms with Gasteiger partial charge in [0.05, 0.1) is 25.4 Å². The molecule has 3 N–H and O–H groups in total. The number of allylic oxidation sites excluding steroid dienone is 3. The fourth-order valence-electron chi connectivity index (χ4n) is 12.5. The number of carbonyl (C=O) groups excluding carboxylic acids is 2. The SMILES string of the molecule is CCCC/C=C\CCCCCCCC(=O)OCCCCCCCCCCCCCCCCCCCCCCCCCCCCCCCCCCC(=O)NC(CO)C(O)/C=C/CCCCCCCCCCCCCCCCCCCCCCCCC. The van der Waals surface area contributed by atoms with Gasteiger partial charge in [0.1, 0.15) is 0 Å². The number of esters is 1. The third kappa shape index (κ3) is 71.3. The average molecular weight is 1200 g/mol. The van der Waals surface area contributed by atoms with Crippen molar-refractivity contribution in [3.8, 4) is 0 Å². The molecule has 0 aliphatic heterocycles. The number of rotatable bonds is 74. The highest BCUT2D eigenvalue weighted by Gasteiger charge is 2.18. The van der Waals surface area contributed by atoms with Crippen LogP contribution in [0.25, 0.3) is 0 Å². The predicted molar refractivity (Wildman–Crippen MR) is 375 cm³/mol. The van der Waals surface area contributed by atoms with Gasteiger partial charge in [-0.05, 0) is 51.4 Å². The zero-order valence-electron chi connectivity index (χ0n) is 57.9. The fourth-order valence-corrected chi connectivity index (χ4v) is 12.5. The summed E-state index contributed by atoms with van der Waals surface area (Å²) in [5.74, 6) is -0.0475. The van der Waals surface area contributed by atoms with Gasteiger partial charge >= 0.3 is 5.97 Å². The van der Waals surface area contributed by atoms with Gasteiger partial charge in [-0.25, -0.2) is 0 Å². The molecule has 0 aromatic heterocycles. The third-order valence-electron chi connectivity index (χ3n) is 18.5. The van der Waals surface area contributed by atoms with Crippen LogP contribution in [-0.4, -0.2) is 47.4 Å². The Morgan fingerprint density at radius 3 is 0.871 bits per heavy atom. The number of aliphatic hydroxyl groups is 2. The minimum atomic E-state index is -0.843. The zero-order chi connectivity index (χ0) is 61.3. The van der Waals surface area contributed by atoms with Crippen molar-refractivity contribution in [3.05, 3.63) is 24.3 Å². The van der Waals surface area contributed by atoms with E-state index >= 15 is 0 Å². The van der Waals surface area contributed by atoms with Crippen LogP contribution in [0, 0.1) is 0 Å². The van der Waals surface area contributed by atoms with Crippen molar-refractivity contribution >= 4 is 11.9 Å². The van der Waals surface area contributed by atoms with E-state index < -0.39 is 12.1 Å². The van der Waals surface area contributed by atoms with E-state index in [1.807, 2.05) is 6.08 Å². The van der Waals surface area contributed by atoms with Gasteiger partial charge in [-0.15, -0.1) is 0 Å². The molecule has 85 heavy (non-hydrogen) atoms. The average Bonchev–Trinajstić information content (AvgIpc) is 3.54. The molecule has 6 nitrogen and oxygen atoms in total. The van der Waals surface area contributed by atoms with Crippen LogP contribution in [0.5, 0.6) is 0 Å². The lowest BCUT2D eigenvalue weighted by Crippen LogP contribution is -2.45. The number of carbonyl (C=O) groups is 2. The fraction of sp³-hybridized carbons (Fsp3) is 0.924. The molecule has 0 aliphatic carbocycles. The van der Waals surface area contributed by atoms with Crippen LogP contribution in [0.4, 0.5) is 0 Å². The summed E-state index contributed by atoms with van der Waals surface area (Å²) in [5, 5.41) is 23.3. The molecule has 0 saturated carbocycles. The van der Waals surface area contributed by atoms with Crippen LogP contribution in [0.15, 0.2) is 24.3 Å². The molecule has 2 unspecified atom stereocenters. The van der Waals surface area contributed by atoms with Gasteiger partial charge in [0.2, 0.25) is 5.91 Å². The second-order valence-corrected chi connectivity index (χ2v) is 27.0. The standard InChI is InChI=1S/C79H153NO5/c1-3-5-7-9-11-13-15-16-17-18-19-20-21-30-33-36-39-42-45-48-52-55-59-63-67-71-77(82)76(75-81)80-78(83)72-68-64-60-56-53-49-46-43-40-37-34-31-28-26-24-22-23-25-27-29-32-35-38-41-44-47-50-54-58-62-66-70-74-85-79(84)73-69-65-61-57-51-14-12-10-8-6-4-2/h10,12,67,71,76-77,81-82H,3-9,11,13-66,68-70,72-75H2,1-2H3,(H,80,83)/b12-10-,71-67+. The van der Waals surface area contributed by atoms with E-state index in [0.717, 1.165) is 44.9 Å². The van der Waals surface area contributed by atoms with Crippen molar-refractivity contribution in [2.45, 2.75) is 456 Å². The van der Waals surface area contributed by atoms with Crippen molar-refractivity contribution in [2.24, 2.45) is 0 Å². The van der Waals surface area contributed by atoms with E-state index in [4.69, 9.17) is 4.74 Å². The Labute approximate surface area is 532 Å². The van der Waals surface area contributed by atoms with Crippen LogP contribution < -0.4 is 5.32 Å². The molecular weight excluding hydrogens is 1040 g/mol. The zero-order valence-corrected chi connectivity index (χ0v) is 57.9. The Morgan fingerprint density at radius 2 is 0.565 bits per heavy atom. The second kappa shape index (κ2) is 74.8. The molecule has 0 aromatic rings. The molecule has 0 radical (unpaired) electrons. The monoisotopic (exact) mass is 1200 g/mol. The molecule has 2 atom stereocenters. The quantitative estimate of drug-likeness (QED) is 0.0320. The van der Waals surface area contributed by atoms with Crippen molar-refractivity contribution in [3.63, 3.8) is 0 Å². The molecule has 0 rings (SSSR count). The lowest BCUT2D eigenvalue weighted by Gasteiger charge is -2.20. The number of ether oxygens (including phenoxy) is 1. The smallest absolute Gasteiger partial charge is 0.305 e. The first-order valence-electron chi connectivity index (χ1n) is 39.1. The van der Waals surface area contributed by atoms with Crippen LogP contribution >= 0.6 is 0 Å². The highest BCUT2D eigenvalue weighted by Crippen LogP contribution is 2.20. The van der Waals surface area contributed by atoms with Gasteiger partial charge in [-0.1, -0.05) is 404 Å². The molecular formula is C79H153NO5. The number of amides is 1. The maximum absolute atomic E-state index is 12.6. The maximum atomic E-state index is 12.6. The minimum Gasteiger partial charge on any atom is -0.466 e. The molecule has 0 fully saturated rings. The molecule has 0 aliphatic rings. The number of aliphatic hydroxyl groups excluding tert-OH is 2. The Balaban J connectivity index is 3.36. The van der Waals surface area contributed by atoms with Crippen molar-refractivity contribution in [2.75, 3.05) is 13.2 Å². The van der Waals surface area contributed by atoms with Crippen molar-refractivity contribution in [1.82, 2.24) is 5.32 Å². The molecule has 6 heteroatoms. The largest absolute Gasteiger partial charge is 0.466 e. The summed E-state index contributed by atoms with van der Waals surface area (Å²) in [6.45, 7) is 4.92. The third-order valence-corrected chi connectivity index (χ3v) is 18.5. The summed E-state index contributed by atoms with van der Waals surface area (Å²) in [6.07, 6.45) is 95.9. The van der Waals surface area contributed by atoms with E-state index in [9.17, 15) is 19.8 Å². The van der Waals surface area contributed by atoms with Crippen LogP contribution in [0.2, 0.25) is 0 Å². The van der Waals surface area contributed by atoms with Gasteiger partial charge in [-0.2, -0.15) is 0 Å². The Hall–Kier alpha value is -1.66. The second-order valence-electron chi connectivity index (χ2n) is 27.0. The first kappa shape index (κ1) is 83.3. The van der Waals surface area contributed by atoms with E-state index in [1.165, 1.54) is 372 Å². The van der Waals surface area contributed by atoms with E-state index in [1.54, 1.807) is 6.08 Å². The van der Waals surface area contributed by atoms with Gasteiger partial charge in [-0.3, -0.25) is 9.59 Å². The maximum Gasteiger partial charge on any atom is 0.305 e. The summed E-state index contributed by atoms with van der Waals surface area (Å²) in [5.41, 5.74) is 0. The summed E-state index contributed by atoms with van der Waals surface area (Å²) >= 11 is 0. The highest BCUT2D eigenvalue weighted by atomic mass is 16.5. The lowest BCUT2D eigenvalue weighted by atomic mass is 10.0. The van der Waals surface area contributed by atoms with Crippen molar-refractivity contribution in [1.29, 1.82) is 0 Å². The number of nitrogens with one attached hydrogen (secondary N) is 1. The highest BCUT2D eigenvalue weighted by molar-refractivity contribution is 5.76. The Kier molecular flexibility index (Phi) is 73.3. The minimum absolute atomic E-state index is 0.0106. The Bertz CT molecular complexity index is 1330. The summed E-state index contributed by atoms with van der Waals surface area (Å²) < 4.78 is 5.47. The van der Waals surface area contributed by atoms with Crippen LogP contribution in [-0.2, 0) is 14.3 Å². The van der Waals surface area contributed by atoms with E-state index in [2.05, 4.69) is 31.3 Å². The van der Waals surface area contributed by atoms with E-state index in [-0.39, 0.29) is 18.5 Å². The van der Waals surface area contributed by atoms with Gasteiger partial charge in [0, 0.05) is 12.8 Å². The van der Waals surface area contributed by atoms with Gasteiger partial charge < -0.3 is 20.3 Å². The number of hydrogen-bond donors (Lipinski definition) is 3. The molecule has 0 heterocycles. The normalized spacial score (nSPS) is 12.6. The first-order chi connectivity index (χ1) is 42.0. The van der Waals surface area contributed by atoms with Crippen LogP contribution in [0.1, 0.15) is 444 Å². The van der Waals surface area contributed by atoms with Crippen LogP contribution in [0.3, 0.4) is 0 Å². The topological polar surface area (TPSA) is 95.9 Å². The van der Waals surface area contributed by atoms with Crippen molar-refractivity contribution < 1.29 is 24.5 Å². The van der Waals surface area contributed by atoms with E-state index in [0.29, 0.717) is 19.4 Å². The molecule has 0 aromatic carbocycles. The van der Waals surface area contributed by atoms with Gasteiger partial charge in [0.25, 0.3) is 0 Å². The lowest BCUT2D eigenvalue weighted by molar-refractivity contribution is -0.143. The molecule has 0 bridgehead atoms. The predicted octanol–water partition coefficient (Wildman–Crippen LogP) is 25.7. The summed E-state index contributed by atoms with van der Waals surface area (Å²) in [7, 11) is 0. The number of unbranched alkanes of at least 4 members (excludes halogenated alkanes) is 61. The number of hydrogen-bond acceptors (Lipinski definition) is 5. The molecule has 0 spiro atoms. The summed E-state index contributed by atoms with van der Waals surface area (Å²) in [4.78, 5) is 24.6. The van der Waals surface area contributed by atoms with Gasteiger partial charge in [0.15, 0.2) is 0 Å².